The minimum atomic E-state index is -4.80. The molecule has 4 rings (SSSR count). The molecule has 1 amide bonds. The largest absolute Gasteiger partial charge is 0.573 e. The number of fused-ring (bicyclic) bond motifs is 1. The number of methoxy groups -OCH3 is 1. The van der Waals surface area contributed by atoms with E-state index in [-0.39, 0.29) is 23.9 Å². The van der Waals surface area contributed by atoms with Crippen molar-refractivity contribution in [2.75, 3.05) is 26.0 Å². The van der Waals surface area contributed by atoms with Crippen molar-refractivity contribution in [3.8, 4) is 5.75 Å². The van der Waals surface area contributed by atoms with Gasteiger partial charge in [0, 0.05) is 24.8 Å². The molecule has 1 aromatic heterocycles. The number of halogens is 4. The predicted molar refractivity (Wildman–Crippen MR) is 136 cm³/mol. The normalized spacial score (nSPS) is 19.5. The third-order valence-corrected chi connectivity index (χ3v) is 6.81. The molecule has 8 nitrogen and oxygen atoms in total. The smallest absolute Gasteiger partial charge is 0.468 e. The molecule has 0 radical (unpaired) electrons. The lowest BCUT2D eigenvalue weighted by Crippen LogP contribution is -2.33. The van der Waals surface area contributed by atoms with Crippen molar-refractivity contribution in [3.05, 3.63) is 47.8 Å². The van der Waals surface area contributed by atoms with Gasteiger partial charge in [-0.25, -0.2) is 9.37 Å². The van der Waals surface area contributed by atoms with Gasteiger partial charge < -0.3 is 24.3 Å². The summed E-state index contributed by atoms with van der Waals surface area (Å²) in [6.45, 7) is 3.96. The van der Waals surface area contributed by atoms with Crippen molar-refractivity contribution >= 4 is 34.5 Å². The average Bonchev–Trinajstić information content (AvgIpc) is 3.19. The van der Waals surface area contributed by atoms with Crippen molar-refractivity contribution in [2.45, 2.75) is 45.5 Å². The molecule has 3 aromatic rings. The summed E-state index contributed by atoms with van der Waals surface area (Å²) in [5.74, 6) is -1.27. The maximum absolute atomic E-state index is 15.3. The Balaban J connectivity index is 1.73. The Labute approximate surface area is 222 Å². The molecule has 210 valence electrons. The fraction of sp³-hybridized carbons (Fsp3) is 0.444. The zero-order valence-electron chi connectivity index (χ0n) is 22.0. The van der Waals surface area contributed by atoms with Gasteiger partial charge in [0.05, 0.1) is 23.7 Å². The number of hydrogen-bond donors (Lipinski definition) is 1. The Morgan fingerprint density at radius 3 is 2.33 bits per heavy atom. The molecule has 0 aliphatic heterocycles. The topological polar surface area (TPSA) is 85.7 Å². The molecule has 1 aliphatic rings. The van der Waals surface area contributed by atoms with Crippen LogP contribution in [0.3, 0.4) is 0 Å². The highest BCUT2D eigenvalue weighted by Gasteiger charge is 2.32. The molecule has 2 unspecified atom stereocenters. The number of aromatic nitrogens is 2. The highest BCUT2D eigenvalue weighted by molar-refractivity contribution is 5.99. The molecular weight excluding hydrogens is 520 g/mol. The molecule has 0 spiro atoms. The van der Waals surface area contributed by atoms with Crippen LogP contribution in [0.1, 0.15) is 49.5 Å². The van der Waals surface area contributed by atoms with Crippen molar-refractivity contribution < 1.29 is 36.6 Å². The summed E-state index contributed by atoms with van der Waals surface area (Å²) in [5, 5.41) is 3.14. The monoisotopic (exact) mass is 550 g/mol. The summed E-state index contributed by atoms with van der Waals surface area (Å²) >= 11 is 0. The standard InChI is InChI=1S/C27H30F4N4O4/c1-15-9-16(2)11-18(10-15)35-23-13-21(28)20(25(37)34(3)14-24(36)38-4)12-22(23)33-26(35)32-17-5-7-19(8-6-17)39-27(29,30)31/h5-8,12-13,15-16,18H,9-11,14H2,1-4H3,(H,32,33). The van der Waals surface area contributed by atoms with Gasteiger partial charge in [-0.3, -0.25) is 9.59 Å². The van der Waals surface area contributed by atoms with Gasteiger partial charge in [-0.1, -0.05) is 13.8 Å². The number of amides is 1. The number of nitrogens with zero attached hydrogens (tertiary/aromatic N) is 3. The molecule has 1 fully saturated rings. The minimum absolute atomic E-state index is 0.0213. The number of nitrogens with one attached hydrogen (secondary N) is 1. The Morgan fingerprint density at radius 1 is 1.10 bits per heavy atom. The Morgan fingerprint density at radius 2 is 1.74 bits per heavy atom. The first kappa shape index (κ1) is 28.2. The van der Waals surface area contributed by atoms with Crippen molar-refractivity contribution in [1.29, 1.82) is 0 Å². The van der Waals surface area contributed by atoms with E-state index in [4.69, 9.17) is 0 Å². The third kappa shape index (κ3) is 6.61. The summed E-state index contributed by atoms with van der Waals surface area (Å²) in [6, 6.07) is 7.80. The maximum atomic E-state index is 15.3. The predicted octanol–water partition coefficient (Wildman–Crippen LogP) is 6.06. The Hall–Kier alpha value is -3.83. The lowest BCUT2D eigenvalue weighted by atomic mass is 9.80. The van der Waals surface area contributed by atoms with Crippen LogP contribution in [0, 0.1) is 17.7 Å². The van der Waals surface area contributed by atoms with Gasteiger partial charge in [-0.15, -0.1) is 13.2 Å². The van der Waals surface area contributed by atoms with Crippen molar-refractivity contribution in [1.82, 2.24) is 14.5 Å². The van der Waals surface area contributed by atoms with Crippen LogP contribution in [0.4, 0.5) is 29.2 Å². The van der Waals surface area contributed by atoms with Gasteiger partial charge >= 0.3 is 12.3 Å². The summed E-state index contributed by atoms with van der Waals surface area (Å²) in [5.41, 5.74) is 1.04. The van der Waals surface area contributed by atoms with Crippen molar-refractivity contribution in [2.24, 2.45) is 11.8 Å². The second-order valence-corrected chi connectivity index (χ2v) is 10.1. The third-order valence-electron chi connectivity index (χ3n) is 6.81. The lowest BCUT2D eigenvalue weighted by molar-refractivity contribution is -0.274. The fourth-order valence-corrected chi connectivity index (χ4v) is 5.26. The van der Waals surface area contributed by atoms with Gasteiger partial charge in [0.25, 0.3) is 5.91 Å². The average molecular weight is 551 g/mol. The SMILES string of the molecule is COC(=O)CN(C)C(=O)c1cc2nc(Nc3ccc(OC(F)(F)F)cc3)n(C3CC(C)CC(C)C3)c2cc1F. The Bertz CT molecular complexity index is 1350. The molecule has 2 atom stereocenters. The summed E-state index contributed by atoms with van der Waals surface area (Å²) in [6.07, 6.45) is -2.09. The van der Waals surface area contributed by atoms with E-state index in [2.05, 4.69) is 33.6 Å². The van der Waals surface area contributed by atoms with E-state index in [0.29, 0.717) is 34.5 Å². The molecule has 1 N–H and O–H groups in total. The first-order valence-corrected chi connectivity index (χ1v) is 12.5. The van der Waals surface area contributed by atoms with E-state index < -0.39 is 24.1 Å². The molecule has 1 aliphatic carbocycles. The zero-order valence-corrected chi connectivity index (χ0v) is 22.0. The summed E-state index contributed by atoms with van der Waals surface area (Å²) in [7, 11) is 2.56. The molecule has 0 bridgehead atoms. The van der Waals surface area contributed by atoms with Crippen LogP contribution in [0.2, 0.25) is 0 Å². The van der Waals surface area contributed by atoms with Gasteiger partial charge in [-0.2, -0.15) is 0 Å². The first-order valence-electron chi connectivity index (χ1n) is 12.5. The quantitative estimate of drug-likeness (QED) is 0.284. The van der Waals surface area contributed by atoms with Gasteiger partial charge in [0.15, 0.2) is 0 Å². The molecule has 39 heavy (non-hydrogen) atoms. The number of carbonyl (C=O) groups excluding carboxylic acids is 2. The van der Waals surface area contributed by atoms with Crippen LogP contribution in [0.15, 0.2) is 36.4 Å². The van der Waals surface area contributed by atoms with E-state index in [1.54, 1.807) is 0 Å². The van der Waals surface area contributed by atoms with Crippen LogP contribution in [0.25, 0.3) is 11.0 Å². The van der Waals surface area contributed by atoms with Gasteiger partial charge in [0.2, 0.25) is 5.95 Å². The number of imidazole rings is 1. The number of benzene rings is 2. The minimum Gasteiger partial charge on any atom is -0.468 e. The van der Waals surface area contributed by atoms with Crippen LogP contribution in [0.5, 0.6) is 5.75 Å². The highest BCUT2D eigenvalue weighted by atomic mass is 19.4. The number of esters is 1. The lowest BCUT2D eigenvalue weighted by Gasteiger charge is -2.33. The first-order chi connectivity index (χ1) is 18.3. The summed E-state index contributed by atoms with van der Waals surface area (Å²) < 4.78 is 63.4. The van der Waals surface area contributed by atoms with Crippen LogP contribution < -0.4 is 10.1 Å². The highest BCUT2D eigenvalue weighted by Crippen LogP contribution is 2.40. The number of carbonyl (C=O) groups is 2. The molecule has 12 heteroatoms. The van der Waals surface area contributed by atoms with E-state index in [1.165, 1.54) is 50.6 Å². The molecular formula is C27H30F4N4O4. The van der Waals surface area contributed by atoms with E-state index in [1.807, 2.05) is 4.57 Å². The van der Waals surface area contributed by atoms with E-state index in [0.717, 1.165) is 24.2 Å². The van der Waals surface area contributed by atoms with Crippen LogP contribution >= 0.6 is 0 Å². The molecule has 1 heterocycles. The van der Waals surface area contributed by atoms with E-state index >= 15 is 4.39 Å². The number of likely N-dealkylation sites (N-methyl/N-ethyl adjacent to an activating group) is 1. The van der Waals surface area contributed by atoms with Gasteiger partial charge in [0.1, 0.15) is 18.1 Å². The second kappa shape index (κ2) is 11.1. The number of alkyl halides is 3. The fourth-order valence-electron chi connectivity index (χ4n) is 5.26. The number of hydrogen-bond acceptors (Lipinski definition) is 6. The van der Waals surface area contributed by atoms with Gasteiger partial charge in [-0.05, 0) is 61.4 Å². The van der Waals surface area contributed by atoms with Crippen LogP contribution in [-0.4, -0.2) is 53.4 Å². The summed E-state index contributed by atoms with van der Waals surface area (Å²) in [4.78, 5) is 30.2. The molecule has 2 aromatic carbocycles. The molecule has 0 saturated heterocycles. The number of anilines is 2. The Kier molecular flexibility index (Phi) is 8.03. The van der Waals surface area contributed by atoms with E-state index in [9.17, 15) is 22.8 Å². The maximum Gasteiger partial charge on any atom is 0.573 e. The second-order valence-electron chi connectivity index (χ2n) is 10.1. The van der Waals surface area contributed by atoms with Crippen LogP contribution in [-0.2, 0) is 9.53 Å². The number of rotatable bonds is 7. The molecule has 1 saturated carbocycles. The van der Waals surface area contributed by atoms with Crippen molar-refractivity contribution in [3.63, 3.8) is 0 Å². The zero-order chi connectivity index (χ0) is 28.5. The number of ether oxygens (including phenoxy) is 2.